The third kappa shape index (κ3) is 2.54. The first-order valence-electron chi connectivity index (χ1n) is 5.39. The van der Waals surface area contributed by atoms with Crippen LogP contribution in [0.25, 0.3) is 0 Å². The van der Waals surface area contributed by atoms with Gasteiger partial charge in [0.2, 0.25) is 5.30 Å². The summed E-state index contributed by atoms with van der Waals surface area (Å²) in [5.41, 5.74) is 1.16. The van der Waals surface area contributed by atoms with Crippen LogP contribution in [0.3, 0.4) is 0 Å². The molecule has 1 unspecified atom stereocenters. The van der Waals surface area contributed by atoms with E-state index < -0.39 is 7.80 Å². The second-order valence-electron chi connectivity index (χ2n) is 3.80. The Kier molecular flexibility index (Phi) is 3.55. The molecule has 0 N–H and O–H groups in total. The van der Waals surface area contributed by atoms with Crippen molar-refractivity contribution in [2.24, 2.45) is 0 Å². The average molecular weight is 245 g/mol. The average Bonchev–Trinajstić information content (AvgIpc) is 2.39. The first kappa shape index (κ1) is 11.8. The van der Waals surface area contributed by atoms with Crippen LogP contribution >= 0.6 is 7.80 Å². The van der Waals surface area contributed by atoms with Crippen LogP contribution in [-0.2, 0) is 4.57 Å². The molecule has 2 nitrogen and oxygen atoms in total. The molecule has 1 atom stereocenters. The van der Waals surface area contributed by atoms with Crippen LogP contribution in [0.15, 0.2) is 48.5 Å². The molecule has 86 valence electrons. The zero-order chi connectivity index (χ0) is 12.3. The molecule has 0 amide bonds. The van der Waals surface area contributed by atoms with Gasteiger partial charge in [-0.2, -0.15) is 0 Å². The van der Waals surface area contributed by atoms with Crippen molar-refractivity contribution in [3.63, 3.8) is 0 Å². The Morgan fingerprint density at radius 2 is 1.65 bits per heavy atom. The van der Waals surface area contributed by atoms with Crippen molar-refractivity contribution in [2.75, 3.05) is 7.11 Å². The van der Waals surface area contributed by atoms with Crippen molar-refractivity contribution >= 4 is 18.4 Å². The van der Waals surface area contributed by atoms with Gasteiger partial charge in [0.25, 0.3) is 0 Å². The molecular weight excluding hydrogens is 231 g/mol. The van der Waals surface area contributed by atoms with Gasteiger partial charge in [0.15, 0.2) is 11.1 Å². The van der Waals surface area contributed by atoms with Crippen molar-refractivity contribution in [1.29, 1.82) is 0 Å². The molecule has 2 aromatic carbocycles. The van der Waals surface area contributed by atoms with Gasteiger partial charge in [-0.15, -0.1) is 0 Å². The van der Waals surface area contributed by atoms with Crippen LogP contribution in [0.2, 0.25) is 0 Å². The van der Waals surface area contributed by atoms with Crippen LogP contribution in [0.1, 0.15) is 5.56 Å². The fourth-order valence-electron chi connectivity index (χ4n) is 1.62. The van der Waals surface area contributed by atoms with E-state index in [0.29, 0.717) is 5.75 Å². The van der Waals surface area contributed by atoms with E-state index in [2.05, 4.69) is 0 Å². The maximum atomic E-state index is 12.4. The number of benzene rings is 2. The van der Waals surface area contributed by atoms with E-state index in [1.165, 1.54) is 0 Å². The topological polar surface area (TPSA) is 26.3 Å². The number of aryl methyl sites for hydroxylation is 1. The van der Waals surface area contributed by atoms with Gasteiger partial charge in [0.05, 0.1) is 7.11 Å². The van der Waals surface area contributed by atoms with Crippen LogP contribution in [0.5, 0.6) is 5.75 Å². The first-order chi connectivity index (χ1) is 8.22. The number of para-hydroxylation sites is 1. The molecule has 3 heteroatoms. The summed E-state index contributed by atoms with van der Waals surface area (Å²) in [5.74, 6) is 0.675. The molecule has 2 aromatic rings. The van der Waals surface area contributed by atoms with E-state index in [1.807, 2.05) is 55.5 Å². The lowest BCUT2D eigenvalue weighted by molar-refractivity contribution is 0.418. The summed E-state index contributed by atoms with van der Waals surface area (Å²) in [5, 5.41) is 1.57. The Morgan fingerprint density at radius 1 is 1.00 bits per heavy atom. The smallest absolute Gasteiger partial charge is 0.419 e. The lowest BCUT2D eigenvalue weighted by Crippen LogP contribution is -2.09. The van der Waals surface area contributed by atoms with E-state index in [9.17, 15) is 4.57 Å². The van der Waals surface area contributed by atoms with Crippen molar-refractivity contribution < 1.29 is 9.30 Å². The SMILES string of the molecule is COc1ccccc1[P+](=O)c1ccc(C)cc1. The Labute approximate surface area is 102 Å². The highest BCUT2D eigenvalue weighted by atomic mass is 31.1. The van der Waals surface area contributed by atoms with Gasteiger partial charge in [0, 0.05) is 0 Å². The van der Waals surface area contributed by atoms with E-state index >= 15 is 0 Å². The summed E-state index contributed by atoms with van der Waals surface area (Å²) in [4.78, 5) is 0. The third-order valence-corrected chi connectivity index (χ3v) is 4.15. The minimum Gasteiger partial charge on any atom is -0.492 e. The molecule has 0 spiro atoms. The molecule has 0 aliphatic carbocycles. The summed E-state index contributed by atoms with van der Waals surface area (Å²) < 4.78 is 17.6. The molecule has 2 rings (SSSR count). The van der Waals surface area contributed by atoms with Crippen LogP contribution in [-0.4, -0.2) is 7.11 Å². The van der Waals surface area contributed by atoms with E-state index in [4.69, 9.17) is 4.74 Å². The second kappa shape index (κ2) is 5.11. The lowest BCUT2D eigenvalue weighted by atomic mass is 10.2. The molecule has 0 aliphatic rings. The van der Waals surface area contributed by atoms with Gasteiger partial charge >= 0.3 is 7.80 Å². The number of ether oxygens (including phenoxy) is 1. The maximum absolute atomic E-state index is 12.4. The Morgan fingerprint density at radius 3 is 2.29 bits per heavy atom. The summed E-state index contributed by atoms with van der Waals surface area (Å²) in [6, 6.07) is 15.2. The van der Waals surface area contributed by atoms with Gasteiger partial charge < -0.3 is 4.74 Å². The number of hydrogen-bond donors (Lipinski definition) is 0. The van der Waals surface area contributed by atoms with Crippen LogP contribution in [0, 0.1) is 6.92 Å². The predicted octanol–water partition coefficient (Wildman–Crippen LogP) is 2.78. The quantitative estimate of drug-likeness (QED) is 0.777. The molecular formula is C14H14O2P+. The van der Waals surface area contributed by atoms with Crippen molar-refractivity contribution in [3.05, 3.63) is 54.1 Å². The van der Waals surface area contributed by atoms with E-state index in [-0.39, 0.29) is 0 Å². The van der Waals surface area contributed by atoms with Gasteiger partial charge in [-0.3, -0.25) is 0 Å². The highest BCUT2D eigenvalue weighted by Crippen LogP contribution is 2.25. The van der Waals surface area contributed by atoms with Crippen LogP contribution < -0.4 is 15.3 Å². The second-order valence-corrected chi connectivity index (χ2v) is 5.39. The van der Waals surface area contributed by atoms with Crippen molar-refractivity contribution in [3.8, 4) is 5.75 Å². The molecule has 0 heterocycles. The highest BCUT2D eigenvalue weighted by molar-refractivity contribution is 7.61. The fraction of sp³-hybridized carbons (Fsp3) is 0.143. The van der Waals surface area contributed by atoms with Crippen molar-refractivity contribution in [1.82, 2.24) is 0 Å². The fourth-order valence-corrected chi connectivity index (χ4v) is 2.90. The predicted molar refractivity (Wildman–Crippen MR) is 71.0 cm³/mol. The maximum Gasteiger partial charge on any atom is 0.419 e. The van der Waals surface area contributed by atoms with Gasteiger partial charge in [0.1, 0.15) is 0 Å². The number of rotatable bonds is 3. The third-order valence-electron chi connectivity index (χ3n) is 2.57. The standard InChI is InChI=1S/C14H14O2P/c1-11-7-9-12(10-8-11)17(15)14-6-4-3-5-13(14)16-2/h3-10H,1-2H3/q+1. The molecule has 0 aliphatic heterocycles. The summed E-state index contributed by atoms with van der Waals surface area (Å²) in [6.45, 7) is 2.01. The zero-order valence-corrected chi connectivity index (χ0v) is 10.8. The number of methoxy groups -OCH3 is 1. The minimum absolute atomic E-state index is 0.675. The van der Waals surface area contributed by atoms with Crippen LogP contribution in [0.4, 0.5) is 0 Å². The molecule has 17 heavy (non-hydrogen) atoms. The number of hydrogen-bond acceptors (Lipinski definition) is 2. The first-order valence-corrected chi connectivity index (χ1v) is 6.65. The van der Waals surface area contributed by atoms with Crippen molar-refractivity contribution in [2.45, 2.75) is 6.92 Å². The zero-order valence-electron chi connectivity index (χ0n) is 9.88. The molecule has 0 saturated carbocycles. The van der Waals surface area contributed by atoms with E-state index in [1.54, 1.807) is 7.11 Å². The Bertz CT molecular complexity index is 532. The molecule has 0 aromatic heterocycles. The summed E-state index contributed by atoms with van der Waals surface area (Å²) in [7, 11) is 0.00960. The normalized spacial score (nSPS) is 11.1. The molecule has 0 bridgehead atoms. The van der Waals surface area contributed by atoms with Gasteiger partial charge in [-0.05, 0) is 31.2 Å². The minimum atomic E-state index is -1.58. The largest absolute Gasteiger partial charge is 0.492 e. The van der Waals surface area contributed by atoms with E-state index in [0.717, 1.165) is 16.2 Å². The summed E-state index contributed by atoms with van der Waals surface area (Å²) in [6.07, 6.45) is 0. The highest BCUT2D eigenvalue weighted by Gasteiger charge is 2.27. The monoisotopic (exact) mass is 245 g/mol. The molecule has 0 radical (unpaired) electrons. The Balaban J connectivity index is 2.40. The lowest BCUT2D eigenvalue weighted by Gasteiger charge is -1.99. The molecule has 0 fully saturated rings. The molecule has 0 saturated heterocycles. The summed E-state index contributed by atoms with van der Waals surface area (Å²) >= 11 is 0. The van der Waals surface area contributed by atoms with Gasteiger partial charge in [-0.25, -0.2) is 0 Å². The Hall–Kier alpha value is -1.66. The van der Waals surface area contributed by atoms with Gasteiger partial charge in [-0.1, -0.05) is 34.4 Å².